The van der Waals surface area contributed by atoms with E-state index in [4.69, 9.17) is 25.8 Å². The Morgan fingerprint density at radius 1 is 1.27 bits per heavy atom. The summed E-state index contributed by atoms with van der Waals surface area (Å²) in [7, 11) is 1.57. The van der Waals surface area contributed by atoms with Crippen molar-refractivity contribution in [3.05, 3.63) is 45.3 Å². The molecule has 0 bridgehead atoms. The molecule has 0 radical (unpaired) electrons. The van der Waals surface area contributed by atoms with Crippen molar-refractivity contribution in [3.63, 3.8) is 0 Å². The quantitative estimate of drug-likeness (QED) is 0.881. The minimum absolute atomic E-state index is 0.149. The molecular formula is C18H20ClN3O4. The van der Waals surface area contributed by atoms with Crippen molar-refractivity contribution in [1.82, 2.24) is 9.78 Å². The molecule has 0 aliphatic carbocycles. The van der Waals surface area contributed by atoms with Crippen LogP contribution >= 0.6 is 11.6 Å². The number of aromatic nitrogens is 2. The molecule has 1 aromatic carbocycles. The van der Waals surface area contributed by atoms with Crippen molar-refractivity contribution in [2.45, 2.75) is 18.3 Å². The van der Waals surface area contributed by atoms with E-state index in [2.05, 4.69) is 16.5 Å². The van der Waals surface area contributed by atoms with E-state index in [1.165, 1.54) is 4.68 Å². The number of hydrogen-bond donors (Lipinski definition) is 1. The number of benzene rings is 1. The van der Waals surface area contributed by atoms with Gasteiger partial charge in [0.2, 0.25) is 6.79 Å². The second-order valence-electron chi connectivity index (χ2n) is 6.62. The van der Waals surface area contributed by atoms with Crippen LogP contribution in [0.5, 0.6) is 11.5 Å². The van der Waals surface area contributed by atoms with E-state index in [0.717, 1.165) is 29.9 Å². The Kier molecular flexibility index (Phi) is 4.50. The van der Waals surface area contributed by atoms with E-state index < -0.39 is 0 Å². The number of nitrogens with zero attached hydrogens (tertiary/aromatic N) is 2. The fraction of sp³-hybridized carbons (Fsp3) is 0.444. The third kappa shape index (κ3) is 3.01. The van der Waals surface area contributed by atoms with Crippen LogP contribution in [0.25, 0.3) is 0 Å². The van der Waals surface area contributed by atoms with Gasteiger partial charge in [-0.2, -0.15) is 5.10 Å². The monoisotopic (exact) mass is 377 g/mol. The Hall–Kier alpha value is -2.25. The number of ether oxygens (including phenoxy) is 3. The maximum Gasteiger partial charge on any atom is 0.287 e. The summed E-state index contributed by atoms with van der Waals surface area (Å²) in [4.78, 5) is 12.0. The smallest absolute Gasteiger partial charge is 0.287 e. The lowest BCUT2D eigenvalue weighted by Gasteiger charge is -2.38. The number of halogens is 1. The van der Waals surface area contributed by atoms with Crippen LogP contribution in [-0.4, -0.2) is 36.3 Å². The first-order valence-corrected chi connectivity index (χ1v) is 8.90. The van der Waals surface area contributed by atoms with Crippen LogP contribution in [0.15, 0.2) is 29.2 Å². The van der Waals surface area contributed by atoms with Crippen LogP contribution in [0.2, 0.25) is 5.02 Å². The molecule has 0 saturated carbocycles. The van der Waals surface area contributed by atoms with Gasteiger partial charge in [0.1, 0.15) is 5.02 Å². The molecule has 2 aliphatic rings. The molecule has 1 fully saturated rings. The van der Waals surface area contributed by atoms with Crippen molar-refractivity contribution in [3.8, 4) is 11.5 Å². The molecule has 0 amide bonds. The molecule has 0 atom stereocenters. The molecular weight excluding hydrogens is 358 g/mol. The van der Waals surface area contributed by atoms with E-state index in [9.17, 15) is 4.79 Å². The Morgan fingerprint density at radius 3 is 2.85 bits per heavy atom. The highest BCUT2D eigenvalue weighted by molar-refractivity contribution is 6.32. The van der Waals surface area contributed by atoms with Gasteiger partial charge in [-0.3, -0.25) is 4.79 Å². The van der Waals surface area contributed by atoms with Crippen LogP contribution in [0.1, 0.15) is 18.4 Å². The molecule has 3 heterocycles. The van der Waals surface area contributed by atoms with Gasteiger partial charge in [0.15, 0.2) is 11.5 Å². The maximum absolute atomic E-state index is 12.0. The summed E-state index contributed by atoms with van der Waals surface area (Å²) in [5.41, 5.74) is 1.23. The van der Waals surface area contributed by atoms with E-state index in [-0.39, 0.29) is 22.8 Å². The van der Waals surface area contributed by atoms with Crippen LogP contribution in [0.4, 0.5) is 5.69 Å². The van der Waals surface area contributed by atoms with Crippen LogP contribution in [0.3, 0.4) is 0 Å². The zero-order chi connectivity index (χ0) is 18.1. The van der Waals surface area contributed by atoms with Gasteiger partial charge in [0, 0.05) is 32.2 Å². The molecule has 1 aromatic heterocycles. The van der Waals surface area contributed by atoms with Gasteiger partial charge in [0.05, 0.1) is 11.9 Å². The summed E-state index contributed by atoms with van der Waals surface area (Å²) >= 11 is 6.19. The van der Waals surface area contributed by atoms with Crippen LogP contribution < -0.4 is 20.3 Å². The maximum atomic E-state index is 12.0. The summed E-state index contributed by atoms with van der Waals surface area (Å²) in [6.07, 6.45) is 3.29. The topological polar surface area (TPSA) is 74.6 Å². The fourth-order valence-electron chi connectivity index (χ4n) is 3.45. The molecule has 8 heteroatoms. The van der Waals surface area contributed by atoms with Gasteiger partial charge in [-0.05, 0) is 30.5 Å². The Morgan fingerprint density at radius 2 is 2.04 bits per heavy atom. The first-order valence-electron chi connectivity index (χ1n) is 8.53. The average molecular weight is 378 g/mol. The molecule has 1 N–H and O–H groups in total. The van der Waals surface area contributed by atoms with Crippen molar-refractivity contribution >= 4 is 17.3 Å². The molecule has 138 valence electrons. The standard InChI is InChI=1S/C18H20ClN3O4/c1-22-17(23)16(19)13(9-21-22)20-10-18(4-6-24-7-5-18)12-2-3-14-15(8-12)26-11-25-14/h2-3,8-9,20H,4-7,10-11H2,1H3. The molecule has 2 aliphatic heterocycles. The highest BCUT2D eigenvalue weighted by atomic mass is 35.5. The van der Waals surface area contributed by atoms with Gasteiger partial charge in [-0.15, -0.1) is 0 Å². The van der Waals surface area contributed by atoms with E-state index in [1.54, 1.807) is 13.2 Å². The van der Waals surface area contributed by atoms with Crippen LogP contribution in [-0.2, 0) is 17.2 Å². The SMILES string of the molecule is Cn1ncc(NCC2(c3ccc4c(c3)OCO4)CCOCC2)c(Cl)c1=O. The number of nitrogens with one attached hydrogen (secondary N) is 1. The van der Waals surface area contributed by atoms with Gasteiger partial charge in [-0.25, -0.2) is 4.68 Å². The number of aryl methyl sites for hydroxylation is 1. The Balaban J connectivity index is 1.63. The summed E-state index contributed by atoms with van der Waals surface area (Å²) in [6, 6.07) is 6.06. The molecule has 0 unspecified atom stereocenters. The molecule has 1 saturated heterocycles. The highest BCUT2D eigenvalue weighted by Gasteiger charge is 2.35. The number of fused-ring (bicyclic) bond motifs is 1. The van der Waals surface area contributed by atoms with Gasteiger partial charge < -0.3 is 19.5 Å². The summed E-state index contributed by atoms with van der Waals surface area (Å²) < 4.78 is 17.7. The average Bonchev–Trinajstić information content (AvgIpc) is 3.14. The zero-order valence-electron chi connectivity index (χ0n) is 14.5. The van der Waals surface area contributed by atoms with E-state index >= 15 is 0 Å². The first-order chi connectivity index (χ1) is 12.6. The minimum Gasteiger partial charge on any atom is -0.454 e. The lowest BCUT2D eigenvalue weighted by molar-refractivity contribution is 0.0543. The van der Waals surface area contributed by atoms with E-state index in [0.29, 0.717) is 25.4 Å². The fourth-order valence-corrected chi connectivity index (χ4v) is 3.69. The summed E-state index contributed by atoms with van der Waals surface area (Å²) in [6.45, 7) is 2.23. The van der Waals surface area contributed by atoms with Crippen LogP contribution in [0, 0.1) is 0 Å². The lowest BCUT2D eigenvalue weighted by Crippen LogP contribution is -2.40. The van der Waals surface area contributed by atoms with Crippen molar-refractivity contribution in [2.75, 3.05) is 31.9 Å². The van der Waals surface area contributed by atoms with Crippen molar-refractivity contribution in [1.29, 1.82) is 0 Å². The molecule has 4 rings (SSSR count). The third-order valence-corrected chi connectivity index (χ3v) is 5.50. The minimum atomic E-state index is -0.319. The number of hydrogen-bond acceptors (Lipinski definition) is 6. The van der Waals surface area contributed by atoms with Gasteiger partial charge >= 0.3 is 0 Å². The molecule has 7 nitrogen and oxygen atoms in total. The molecule has 26 heavy (non-hydrogen) atoms. The van der Waals surface area contributed by atoms with E-state index in [1.807, 2.05) is 12.1 Å². The Bertz CT molecular complexity index is 877. The first kappa shape index (κ1) is 17.2. The summed E-state index contributed by atoms with van der Waals surface area (Å²) in [5.74, 6) is 1.53. The molecule has 0 spiro atoms. The largest absolute Gasteiger partial charge is 0.454 e. The van der Waals surface area contributed by atoms with Crippen molar-refractivity contribution in [2.24, 2.45) is 7.05 Å². The van der Waals surface area contributed by atoms with Gasteiger partial charge in [0.25, 0.3) is 5.56 Å². The predicted octanol–water partition coefficient (Wildman–Crippen LogP) is 2.32. The number of anilines is 1. The second-order valence-corrected chi connectivity index (χ2v) is 6.99. The lowest BCUT2D eigenvalue weighted by atomic mass is 9.74. The third-order valence-electron chi connectivity index (χ3n) is 5.13. The summed E-state index contributed by atoms with van der Waals surface area (Å²) in [5, 5.41) is 7.51. The highest BCUT2D eigenvalue weighted by Crippen LogP contribution is 2.41. The Labute approximate surface area is 155 Å². The van der Waals surface area contributed by atoms with Gasteiger partial charge in [-0.1, -0.05) is 17.7 Å². The van der Waals surface area contributed by atoms with Crippen molar-refractivity contribution < 1.29 is 14.2 Å². The zero-order valence-corrected chi connectivity index (χ0v) is 15.2. The number of rotatable bonds is 4. The molecule has 2 aromatic rings. The predicted molar refractivity (Wildman–Crippen MR) is 97.3 cm³/mol. The second kappa shape index (κ2) is 6.81. The normalized spacial score (nSPS) is 17.9.